The average Bonchev–Trinajstić information content (AvgIpc) is 2.61. The SMILES string of the molecule is CC(Cc1ccc(NC(=O)c2ccc(CCC(F)(F)F)cc2)cc1)C(=O)O. The Bertz CT molecular complexity index is 784. The smallest absolute Gasteiger partial charge is 0.389 e. The zero-order chi connectivity index (χ0) is 20.0. The lowest BCUT2D eigenvalue weighted by Crippen LogP contribution is -2.13. The highest BCUT2D eigenvalue weighted by atomic mass is 19.4. The Morgan fingerprint density at radius 3 is 2.07 bits per heavy atom. The van der Waals surface area contributed by atoms with Crippen LogP contribution < -0.4 is 5.32 Å². The average molecular weight is 379 g/mol. The molecule has 27 heavy (non-hydrogen) atoms. The normalized spacial score (nSPS) is 12.4. The molecule has 0 spiro atoms. The Balaban J connectivity index is 1.93. The van der Waals surface area contributed by atoms with Gasteiger partial charge in [0.2, 0.25) is 0 Å². The second-order valence-corrected chi connectivity index (χ2v) is 6.41. The molecule has 1 amide bonds. The number of aryl methyl sites for hydroxylation is 1. The van der Waals surface area contributed by atoms with Gasteiger partial charge in [0.1, 0.15) is 0 Å². The topological polar surface area (TPSA) is 66.4 Å². The third-order valence-electron chi connectivity index (χ3n) is 4.09. The van der Waals surface area contributed by atoms with Crippen LogP contribution in [0.4, 0.5) is 18.9 Å². The molecule has 0 aromatic heterocycles. The first-order chi connectivity index (χ1) is 12.6. The molecular weight excluding hydrogens is 359 g/mol. The van der Waals surface area contributed by atoms with Crippen LogP contribution in [0.25, 0.3) is 0 Å². The number of hydrogen-bond acceptors (Lipinski definition) is 2. The molecule has 0 aliphatic rings. The summed E-state index contributed by atoms with van der Waals surface area (Å²) in [5.41, 5.74) is 2.25. The molecule has 144 valence electrons. The van der Waals surface area contributed by atoms with E-state index in [1.54, 1.807) is 31.2 Å². The predicted molar refractivity (Wildman–Crippen MR) is 95.7 cm³/mol. The largest absolute Gasteiger partial charge is 0.481 e. The van der Waals surface area contributed by atoms with Crippen molar-refractivity contribution in [3.8, 4) is 0 Å². The summed E-state index contributed by atoms with van der Waals surface area (Å²) in [6, 6.07) is 12.9. The first-order valence-electron chi connectivity index (χ1n) is 8.43. The summed E-state index contributed by atoms with van der Waals surface area (Å²) in [6.07, 6.45) is -4.83. The molecule has 0 bridgehead atoms. The number of carboxylic acids is 1. The third kappa shape index (κ3) is 6.77. The summed E-state index contributed by atoms with van der Waals surface area (Å²) in [5, 5.41) is 11.6. The van der Waals surface area contributed by atoms with Gasteiger partial charge in [-0.25, -0.2) is 0 Å². The lowest BCUT2D eigenvalue weighted by Gasteiger charge is -2.09. The highest BCUT2D eigenvalue weighted by molar-refractivity contribution is 6.04. The number of carboxylic acid groups (broad SMARTS) is 1. The van der Waals surface area contributed by atoms with Crippen molar-refractivity contribution in [3.63, 3.8) is 0 Å². The summed E-state index contributed by atoms with van der Waals surface area (Å²) in [7, 11) is 0. The minimum atomic E-state index is -4.20. The van der Waals surface area contributed by atoms with E-state index in [-0.39, 0.29) is 12.3 Å². The summed E-state index contributed by atoms with van der Waals surface area (Å²) >= 11 is 0. The third-order valence-corrected chi connectivity index (χ3v) is 4.09. The van der Waals surface area contributed by atoms with Gasteiger partial charge in [-0.3, -0.25) is 9.59 Å². The van der Waals surface area contributed by atoms with Gasteiger partial charge in [-0.2, -0.15) is 13.2 Å². The molecule has 0 saturated heterocycles. The maximum Gasteiger partial charge on any atom is 0.389 e. The lowest BCUT2D eigenvalue weighted by atomic mass is 10.0. The molecule has 0 fully saturated rings. The Hall–Kier alpha value is -2.83. The summed E-state index contributed by atoms with van der Waals surface area (Å²) < 4.78 is 36.7. The van der Waals surface area contributed by atoms with Crippen molar-refractivity contribution in [2.45, 2.75) is 32.4 Å². The number of benzene rings is 2. The predicted octanol–water partition coefficient (Wildman–Crippen LogP) is 4.70. The molecule has 7 heteroatoms. The lowest BCUT2D eigenvalue weighted by molar-refractivity contribution is -0.141. The van der Waals surface area contributed by atoms with Crippen molar-refractivity contribution in [2.75, 3.05) is 5.32 Å². The Labute approximate surface area is 155 Å². The van der Waals surface area contributed by atoms with Gasteiger partial charge in [0.05, 0.1) is 5.92 Å². The van der Waals surface area contributed by atoms with Gasteiger partial charge in [-0.15, -0.1) is 0 Å². The van der Waals surface area contributed by atoms with Crippen LogP contribution in [0.2, 0.25) is 0 Å². The molecular formula is C20H20F3NO3. The van der Waals surface area contributed by atoms with E-state index >= 15 is 0 Å². The molecule has 0 radical (unpaired) electrons. The molecule has 4 nitrogen and oxygen atoms in total. The monoisotopic (exact) mass is 379 g/mol. The zero-order valence-corrected chi connectivity index (χ0v) is 14.7. The van der Waals surface area contributed by atoms with Crippen LogP contribution in [0.5, 0.6) is 0 Å². The minimum absolute atomic E-state index is 0.123. The maximum absolute atomic E-state index is 12.2. The zero-order valence-electron chi connectivity index (χ0n) is 14.7. The van der Waals surface area contributed by atoms with Crippen molar-refractivity contribution >= 4 is 17.6 Å². The quantitative estimate of drug-likeness (QED) is 0.733. The van der Waals surface area contributed by atoms with Gasteiger partial charge >= 0.3 is 12.1 Å². The van der Waals surface area contributed by atoms with Gasteiger partial charge in [0.15, 0.2) is 0 Å². The van der Waals surface area contributed by atoms with Gasteiger partial charge < -0.3 is 10.4 Å². The number of nitrogens with one attached hydrogen (secondary N) is 1. The van der Waals surface area contributed by atoms with Crippen LogP contribution in [0.15, 0.2) is 48.5 Å². The molecule has 2 aromatic carbocycles. The number of hydrogen-bond donors (Lipinski definition) is 2. The van der Waals surface area contributed by atoms with E-state index in [2.05, 4.69) is 5.32 Å². The van der Waals surface area contributed by atoms with E-state index in [0.29, 0.717) is 23.2 Å². The van der Waals surface area contributed by atoms with Crippen molar-refractivity contribution in [3.05, 3.63) is 65.2 Å². The number of carbonyl (C=O) groups excluding carboxylic acids is 1. The van der Waals surface area contributed by atoms with E-state index in [0.717, 1.165) is 5.56 Å². The fraction of sp³-hybridized carbons (Fsp3) is 0.300. The Morgan fingerprint density at radius 1 is 1.00 bits per heavy atom. The number of carbonyl (C=O) groups is 2. The fourth-order valence-corrected chi connectivity index (χ4v) is 2.48. The second-order valence-electron chi connectivity index (χ2n) is 6.41. The van der Waals surface area contributed by atoms with Gasteiger partial charge in [0, 0.05) is 17.7 Å². The van der Waals surface area contributed by atoms with Crippen LogP contribution in [0.3, 0.4) is 0 Å². The van der Waals surface area contributed by atoms with Crippen LogP contribution in [-0.4, -0.2) is 23.2 Å². The van der Waals surface area contributed by atoms with Gasteiger partial charge in [-0.1, -0.05) is 31.2 Å². The van der Waals surface area contributed by atoms with Crippen molar-refractivity contribution < 1.29 is 27.9 Å². The van der Waals surface area contributed by atoms with E-state index < -0.39 is 24.5 Å². The number of halogens is 3. The number of alkyl halides is 3. The highest BCUT2D eigenvalue weighted by Gasteiger charge is 2.26. The van der Waals surface area contributed by atoms with Crippen LogP contribution in [-0.2, 0) is 17.6 Å². The molecule has 0 aliphatic heterocycles. The van der Waals surface area contributed by atoms with Crippen LogP contribution >= 0.6 is 0 Å². The molecule has 0 heterocycles. The van der Waals surface area contributed by atoms with E-state index in [1.807, 2.05) is 0 Å². The minimum Gasteiger partial charge on any atom is -0.481 e. The van der Waals surface area contributed by atoms with Crippen LogP contribution in [0, 0.1) is 5.92 Å². The highest BCUT2D eigenvalue weighted by Crippen LogP contribution is 2.22. The van der Waals surface area contributed by atoms with Crippen molar-refractivity contribution in [1.82, 2.24) is 0 Å². The van der Waals surface area contributed by atoms with E-state index in [1.165, 1.54) is 24.3 Å². The molecule has 0 aliphatic carbocycles. The first-order valence-corrected chi connectivity index (χ1v) is 8.43. The summed E-state index contributed by atoms with van der Waals surface area (Å²) in [6.45, 7) is 1.62. The molecule has 2 N–H and O–H groups in total. The van der Waals surface area contributed by atoms with E-state index in [4.69, 9.17) is 5.11 Å². The molecule has 2 aromatic rings. The molecule has 1 unspecified atom stereocenters. The van der Waals surface area contributed by atoms with Gasteiger partial charge in [0.25, 0.3) is 5.91 Å². The Kier molecular flexibility index (Phi) is 6.60. The standard InChI is InChI=1S/C20H20F3NO3/c1-13(19(26)27)12-15-4-8-17(9-5-15)24-18(25)16-6-2-14(3-7-16)10-11-20(21,22)23/h2-9,13H,10-12H2,1H3,(H,24,25)(H,26,27). The van der Waals surface area contributed by atoms with Crippen molar-refractivity contribution in [1.29, 1.82) is 0 Å². The number of anilines is 1. The molecule has 0 saturated carbocycles. The number of rotatable bonds is 7. The maximum atomic E-state index is 12.2. The van der Waals surface area contributed by atoms with Crippen molar-refractivity contribution in [2.24, 2.45) is 5.92 Å². The summed E-state index contributed by atoms with van der Waals surface area (Å²) in [5.74, 6) is -1.74. The number of aliphatic carboxylic acids is 1. The Morgan fingerprint density at radius 2 is 1.56 bits per heavy atom. The van der Waals surface area contributed by atoms with Crippen LogP contribution in [0.1, 0.15) is 34.8 Å². The van der Waals surface area contributed by atoms with Gasteiger partial charge in [-0.05, 0) is 48.2 Å². The fourth-order valence-electron chi connectivity index (χ4n) is 2.48. The van der Waals surface area contributed by atoms with E-state index in [9.17, 15) is 22.8 Å². The molecule has 1 atom stereocenters. The number of amides is 1. The summed E-state index contributed by atoms with van der Waals surface area (Å²) in [4.78, 5) is 23.1. The second kappa shape index (κ2) is 8.70. The first kappa shape index (κ1) is 20.5. The molecule has 2 rings (SSSR count).